The second-order valence-corrected chi connectivity index (χ2v) is 9.94. The van der Waals surface area contributed by atoms with Gasteiger partial charge in [0.1, 0.15) is 16.4 Å². The van der Waals surface area contributed by atoms with E-state index < -0.39 is 22.6 Å². The third kappa shape index (κ3) is 5.79. The van der Waals surface area contributed by atoms with E-state index in [1.54, 1.807) is 36.4 Å². The summed E-state index contributed by atoms with van der Waals surface area (Å²) in [6, 6.07) is 22.9. The zero-order valence-electron chi connectivity index (χ0n) is 21.1. The molecule has 0 atom stereocenters. The number of rotatable bonds is 9. The average molecular weight is 555 g/mol. The molecule has 1 aromatic heterocycles. The summed E-state index contributed by atoms with van der Waals surface area (Å²) in [6.07, 6.45) is 1.48. The van der Waals surface area contributed by atoms with Crippen molar-refractivity contribution < 1.29 is 23.7 Å². The van der Waals surface area contributed by atoms with Gasteiger partial charge in [0.05, 0.1) is 17.7 Å². The summed E-state index contributed by atoms with van der Waals surface area (Å²) in [7, 11) is 0. The van der Waals surface area contributed by atoms with Gasteiger partial charge in [0, 0.05) is 34.0 Å². The number of hydrogen-bond donors (Lipinski definition) is 2. The molecule has 0 bridgehead atoms. The van der Waals surface area contributed by atoms with Crippen LogP contribution in [0.3, 0.4) is 0 Å². The molecule has 11 heteroatoms. The van der Waals surface area contributed by atoms with E-state index in [-0.39, 0.29) is 28.4 Å². The predicted molar refractivity (Wildman–Crippen MR) is 149 cm³/mol. The molecule has 0 fully saturated rings. The molecule has 0 saturated heterocycles. The molecule has 4 aromatic rings. The zero-order chi connectivity index (χ0) is 28.2. The number of thioether (sulfide) groups is 1. The summed E-state index contributed by atoms with van der Waals surface area (Å²) in [5.41, 5.74) is 2.44. The highest BCUT2D eigenvalue weighted by Crippen LogP contribution is 2.37. The van der Waals surface area contributed by atoms with E-state index in [1.165, 1.54) is 30.5 Å². The Morgan fingerprint density at radius 3 is 2.38 bits per heavy atom. The van der Waals surface area contributed by atoms with Gasteiger partial charge in [-0.3, -0.25) is 29.4 Å². The molecule has 3 aromatic carbocycles. The van der Waals surface area contributed by atoms with Crippen LogP contribution in [0.15, 0.2) is 111 Å². The molecule has 0 aliphatic carbocycles. The summed E-state index contributed by atoms with van der Waals surface area (Å²) < 4.78 is 5.35. The van der Waals surface area contributed by atoms with Crippen LogP contribution in [-0.4, -0.2) is 27.5 Å². The van der Waals surface area contributed by atoms with Crippen LogP contribution in [0.25, 0.3) is 0 Å². The van der Waals surface area contributed by atoms with Crippen molar-refractivity contribution in [3.8, 4) is 0 Å². The Morgan fingerprint density at radius 2 is 1.70 bits per heavy atom. The van der Waals surface area contributed by atoms with Gasteiger partial charge in [-0.2, -0.15) is 0 Å². The number of nitro benzene ring substituents is 1. The van der Waals surface area contributed by atoms with Crippen molar-refractivity contribution in [3.63, 3.8) is 0 Å². The Labute approximate surface area is 232 Å². The number of carbonyl (C=O) groups is 3. The van der Waals surface area contributed by atoms with Crippen LogP contribution in [0.5, 0.6) is 0 Å². The van der Waals surface area contributed by atoms with E-state index in [1.807, 2.05) is 31.2 Å². The lowest BCUT2D eigenvalue weighted by Gasteiger charge is -2.13. The van der Waals surface area contributed by atoms with Gasteiger partial charge in [-0.05, 0) is 61.5 Å². The van der Waals surface area contributed by atoms with E-state index in [9.17, 15) is 24.5 Å². The van der Waals surface area contributed by atoms with E-state index >= 15 is 0 Å². The van der Waals surface area contributed by atoms with Crippen molar-refractivity contribution in [2.24, 2.45) is 0 Å². The minimum absolute atomic E-state index is 0.0147. The number of anilines is 2. The standard InChI is InChI=1S/C29H22N4O6S/c1-18-7-11-20(12-8-18)30-25-26(29(36)32(28(25)35)17-23-5-3-15-39-23)40-24-6-2-4-21(16-24)31-27(34)19-9-13-22(14-10-19)33(37)38/h2-16,30H,17H2,1H3,(H,31,34). The Hall–Kier alpha value is -5.16. The van der Waals surface area contributed by atoms with E-state index in [2.05, 4.69) is 10.6 Å². The summed E-state index contributed by atoms with van der Waals surface area (Å²) in [6.45, 7) is 1.94. The largest absolute Gasteiger partial charge is 0.467 e. The Balaban J connectivity index is 1.39. The normalized spacial score (nSPS) is 13.1. The molecule has 3 amide bonds. The van der Waals surface area contributed by atoms with Gasteiger partial charge >= 0.3 is 0 Å². The lowest BCUT2D eigenvalue weighted by Crippen LogP contribution is -2.31. The monoisotopic (exact) mass is 554 g/mol. The van der Waals surface area contributed by atoms with Crippen LogP contribution < -0.4 is 10.6 Å². The fourth-order valence-electron chi connectivity index (χ4n) is 3.93. The molecule has 10 nitrogen and oxygen atoms in total. The number of non-ortho nitro benzene ring substituents is 1. The number of nitrogens with zero attached hydrogens (tertiary/aromatic N) is 2. The molecule has 2 N–H and O–H groups in total. The summed E-state index contributed by atoms with van der Waals surface area (Å²) in [4.78, 5) is 51.8. The molecule has 1 aliphatic heterocycles. The maximum Gasteiger partial charge on any atom is 0.278 e. The molecule has 200 valence electrons. The van der Waals surface area contributed by atoms with Crippen LogP contribution in [0.1, 0.15) is 21.7 Å². The first-order valence-corrected chi connectivity index (χ1v) is 12.9. The van der Waals surface area contributed by atoms with Crippen molar-refractivity contribution in [1.29, 1.82) is 0 Å². The molecule has 40 heavy (non-hydrogen) atoms. The first-order valence-electron chi connectivity index (χ1n) is 12.1. The smallest absolute Gasteiger partial charge is 0.278 e. The lowest BCUT2D eigenvalue weighted by molar-refractivity contribution is -0.384. The van der Waals surface area contributed by atoms with Gasteiger partial charge < -0.3 is 15.1 Å². The van der Waals surface area contributed by atoms with Crippen molar-refractivity contribution in [3.05, 3.63) is 129 Å². The molecular formula is C29H22N4O6S. The van der Waals surface area contributed by atoms with Gasteiger partial charge in [-0.1, -0.05) is 35.5 Å². The zero-order valence-corrected chi connectivity index (χ0v) is 21.9. The number of nitro groups is 1. The summed E-state index contributed by atoms with van der Waals surface area (Å²) in [5.74, 6) is -0.929. The number of hydrogen-bond acceptors (Lipinski definition) is 8. The number of aryl methyl sites for hydroxylation is 1. The van der Waals surface area contributed by atoms with Crippen LogP contribution >= 0.6 is 11.8 Å². The minimum Gasteiger partial charge on any atom is -0.467 e. The van der Waals surface area contributed by atoms with E-state index in [0.717, 1.165) is 22.2 Å². The van der Waals surface area contributed by atoms with Gasteiger partial charge in [-0.25, -0.2) is 0 Å². The Morgan fingerprint density at radius 1 is 0.950 bits per heavy atom. The third-order valence-electron chi connectivity index (χ3n) is 5.99. The highest BCUT2D eigenvalue weighted by Gasteiger charge is 2.39. The molecule has 0 spiro atoms. The number of nitrogens with one attached hydrogen (secondary N) is 2. The topological polar surface area (TPSA) is 135 Å². The Bertz CT molecular complexity index is 1630. The van der Waals surface area contributed by atoms with Gasteiger partial charge in [0.15, 0.2) is 0 Å². The predicted octanol–water partition coefficient (Wildman–Crippen LogP) is 5.73. The van der Waals surface area contributed by atoms with Crippen molar-refractivity contribution >= 4 is 46.5 Å². The van der Waals surface area contributed by atoms with Crippen molar-refractivity contribution in [2.75, 3.05) is 10.6 Å². The number of furan rings is 1. The molecule has 0 unspecified atom stereocenters. The maximum absolute atomic E-state index is 13.5. The van der Waals surface area contributed by atoms with Crippen LogP contribution in [0.4, 0.5) is 17.1 Å². The van der Waals surface area contributed by atoms with Crippen LogP contribution in [0, 0.1) is 17.0 Å². The van der Waals surface area contributed by atoms with Gasteiger partial charge in [0.25, 0.3) is 23.4 Å². The van der Waals surface area contributed by atoms with Crippen molar-refractivity contribution in [1.82, 2.24) is 4.90 Å². The van der Waals surface area contributed by atoms with Crippen LogP contribution in [0.2, 0.25) is 0 Å². The molecule has 1 aliphatic rings. The first kappa shape index (κ1) is 26.4. The Kier molecular flexibility index (Phi) is 7.47. The number of carbonyl (C=O) groups excluding carboxylic acids is 3. The quantitative estimate of drug-likeness (QED) is 0.152. The highest BCUT2D eigenvalue weighted by molar-refractivity contribution is 8.04. The third-order valence-corrected chi connectivity index (χ3v) is 7.07. The molecule has 2 heterocycles. The van der Waals surface area contributed by atoms with Crippen molar-refractivity contribution in [2.45, 2.75) is 18.4 Å². The minimum atomic E-state index is -0.538. The lowest BCUT2D eigenvalue weighted by atomic mass is 10.2. The number of imide groups is 1. The van der Waals surface area contributed by atoms with E-state index in [0.29, 0.717) is 22.0 Å². The SMILES string of the molecule is Cc1ccc(NC2=C(Sc3cccc(NC(=O)c4ccc([N+](=O)[O-])cc4)c3)C(=O)N(Cc3ccco3)C2=O)cc1. The maximum atomic E-state index is 13.5. The highest BCUT2D eigenvalue weighted by atomic mass is 32.2. The summed E-state index contributed by atoms with van der Waals surface area (Å²) in [5, 5.41) is 16.7. The first-order chi connectivity index (χ1) is 19.3. The van der Waals surface area contributed by atoms with Crippen LogP contribution in [-0.2, 0) is 16.1 Å². The fraction of sp³-hybridized carbons (Fsp3) is 0.0690. The summed E-state index contributed by atoms with van der Waals surface area (Å²) >= 11 is 1.10. The second-order valence-electron chi connectivity index (χ2n) is 8.86. The molecule has 0 radical (unpaired) electrons. The molecule has 0 saturated carbocycles. The fourth-order valence-corrected chi connectivity index (χ4v) is 4.94. The second kappa shape index (κ2) is 11.3. The van der Waals surface area contributed by atoms with E-state index in [4.69, 9.17) is 4.42 Å². The average Bonchev–Trinajstić information content (AvgIpc) is 3.54. The molecule has 5 rings (SSSR count). The molecular weight excluding hydrogens is 532 g/mol. The van der Waals surface area contributed by atoms with Gasteiger partial charge in [-0.15, -0.1) is 0 Å². The number of benzene rings is 3. The van der Waals surface area contributed by atoms with Gasteiger partial charge in [0.2, 0.25) is 0 Å². The number of amides is 3.